The Morgan fingerprint density at radius 3 is 2.63 bits per heavy atom. The van der Waals surface area contributed by atoms with Gasteiger partial charge in [-0.15, -0.1) is 0 Å². The molecule has 0 unspecified atom stereocenters. The van der Waals surface area contributed by atoms with Gasteiger partial charge in [-0.05, 0) is 24.1 Å². The third kappa shape index (κ3) is 1.25. The summed E-state index contributed by atoms with van der Waals surface area (Å²) in [6, 6.07) is 15.4. The van der Waals surface area contributed by atoms with E-state index in [4.69, 9.17) is 0 Å². The van der Waals surface area contributed by atoms with Crippen molar-refractivity contribution in [2.24, 2.45) is 0 Å². The van der Waals surface area contributed by atoms with E-state index in [0.29, 0.717) is 0 Å². The van der Waals surface area contributed by atoms with Crippen LogP contribution < -0.4 is 0 Å². The van der Waals surface area contributed by atoms with E-state index < -0.39 is 0 Å². The lowest BCUT2D eigenvalue weighted by Crippen LogP contribution is -2.15. The Morgan fingerprint density at radius 2 is 1.79 bits per heavy atom. The molecule has 1 N–H and O–H groups in total. The maximum Gasteiger partial charge on any atom is 0.0509 e. The number of hydrogen-bond donors (Lipinski definition) is 1. The normalized spacial score (nSPS) is 15.5. The molecule has 2 aromatic carbocycles. The molecular formula is C18H17N. The second-order valence-corrected chi connectivity index (χ2v) is 6.09. The summed E-state index contributed by atoms with van der Waals surface area (Å²) in [5, 5.41) is 1.36. The SMILES string of the molecule is Cc1ccc2c(c1)C(C)(C)c1c-2[nH]c2ccccc12. The molecule has 0 spiro atoms. The molecule has 0 fully saturated rings. The van der Waals surface area contributed by atoms with Gasteiger partial charge < -0.3 is 4.98 Å². The van der Waals surface area contributed by atoms with Crippen LogP contribution in [-0.4, -0.2) is 4.98 Å². The highest BCUT2D eigenvalue weighted by molar-refractivity contribution is 5.96. The maximum atomic E-state index is 3.61. The van der Waals surface area contributed by atoms with Gasteiger partial charge in [-0.25, -0.2) is 0 Å². The minimum atomic E-state index is 0.0797. The molecule has 1 aliphatic rings. The van der Waals surface area contributed by atoms with Crippen molar-refractivity contribution in [1.29, 1.82) is 0 Å². The smallest absolute Gasteiger partial charge is 0.0509 e. The molecule has 0 bridgehead atoms. The summed E-state index contributed by atoms with van der Waals surface area (Å²) >= 11 is 0. The first kappa shape index (κ1) is 10.9. The van der Waals surface area contributed by atoms with Crippen LogP contribution in [0.1, 0.15) is 30.5 Å². The number of aryl methyl sites for hydroxylation is 1. The number of fused-ring (bicyclic) bond motifs is 5. The molecule has 0 amide bonds. The van der Waals surface area contributed by atoms with Crippen LogP contribution in [-0.2, 0) is 5.41 Å². The first-order valence-corrected chi connectivity index (χ1v) is 6.82. The van der Waals surface area contributed by atoms with Crippen molar-refractivity contribution >= 4 is 10.9 Å². The highest BCUT2D eigenvalue weighted by Gasteiger charge is 2.38. The summed E-state index contributed by atoms with van der Waals surface area (Å²) in [5.74, 6) is 0. The monoisotopic (exact) mass is 247 g/mol. The molecule has 0 atom stereocenters. The van der Waals surface area contributed by atoms with E-state index in [1.807, 2.05) is 0 Å². The minimum absolute atomic E-state index is 0.0797. The molecular weight excluding hydrogens is 230 g/mol. The fourth-order valence-corrected chi connectivity index (χ4v) is 3.52. The zero-order valence-electron chi connectivity index (χ0n) is 11.5. The molecule has 0 radical (unpaired) electrons. The molecule has 1 aromatic heterocycles. The number of rotatable bonds is 0. The molecule has 1 heteroatoms. The van der Waals surface area contributed by atoms with E-state index in [1.54, 1.807) is 0 Å². The van der Waals surface area contributed by atoms with E-state index >= 15 is 0 Å². The third-order valence-electron chi connectivity index (χ3n) is 4.45. The quantitative estimate of drug-likeness (QED) is 0.588. The number of para-hydroxylation sites is 1. The number of hydrogen-bond acceptors (Lipinski definition) is 0. The largest absolute Gasteiger partial charge is 0.354 e. The average Bonchev–Trinajstić information content (AvgIpc) is 2.86. The molecule has 3 aromatic rings. The van der Waals surface area contributed by atoms with E-state index in [9.17, 15) is 0 Å². The molecule has 1 heterocycles. The molecule has 0 aliphatic heterocycles. The first-order valence-electron chi connectivity index (χ1n) is 6.82. The van der Waals surface area contributed by atoms with Gasteiger partial charge in [0, 0.05) is 21.9 Å². The average molecular weight is 247 g/mol. The van der Waals surface area contributed by atoms with Gasteiger partial charge in [-0.3, -0.25) is 0 Å². The fourth-order valence-electron chi connectivity index (χ4n) is 3.52. The van der Waals surface area contributed by atoms with Crippen molar-refractivity contribution in [3.63, 3.8) is 0 Å². The molecule has 0 saturated heterocycles. The highest BCUT2D eigenvalue weighted by Crippen LogP contribution is 2.51. The Morgan fingerprint density at radius 1 is 1.00 bits per heavy atom. The van der Waals surface area contributed by atoms with Gasteiger partial charge in [0.05, 0.1) is 5.69 Å². The summed E-state index contributed by atoms with van der Waals surface area (Å²) < 4.78 is 0. The lowest BCUT2D eigenvalue weighted by atomic mass is 9.81. The second kappa shape index (κ2) is 3.30. The third-order valence-corrected chi connectivity index (χ3v) is 4.45. The molecule has 19 heavy (non-hydrogen) atoms. The summed E-state index contributed by atoms with van der Waals surface area (Å²) in [6.07, 6.45) is 0. The van der Waals surface area contributed by atoms with Crippen molar-refractivity contribution in [3.8, 4) is 11.3 Å². The Balaban J connectivity index is 2.17. The summed E-state index contributed by atoms with van der Waals surface area (Å²) in [6.45, 7) is 6.83. The van der Waals surface area contributed by atoms with Gasteiger partial charge >= 0.3 is 0 Å². The van der Waals surface area contributed by atoms with Crippen molar-refractivity contribution in [3.05, 3.63) is 59.2 Å². The zero-order chi connectivity index (χ0) is 13.2. The highest BCUT2D eigenvalue weighted by atomic mass is 14.7. The number of aromatic amines is 1. The number of aromatic nitrogens is 1. The Bertz CT molecular complexity index is 806. The topological polar surface area (TPSA) is 15.8 Å². The molecule has 1 aliphatic carbocycles. The predicted molar refractivity (Wildman–Crippen MR) is 80.6 cm³/mol. The summed E-state index contributed by atoms with van der Waals surface area (Å²) in [7, 11) is 0. The predicted octanol–water partition coefficient (Wildman–Crippen LogP) is 4.78. The van der Waals surface area contributed by atoms with Crippen LogP contribution in [0.5, 0.6) is 0 Å². The molecule has 1 nitrogen and oxygen atoms in total. The lowest BCUT2D eigenvalue weighted by Gasteiger charge is -2.21. The van der Waals surface area contributed by atoms with E-state index in [1.165, 1.54) is 38.9 Å². The first-order chi connectivity index (χ1) is 9.09. The van der Waals surface area contributed by atoms with E-state index in [0.717, 1.165) is 0 Å². The van der Waals surface area contributed by atoms with Crippen molar-refractivity contribution in [2.45, 2.75) is 26.2 Å². The van der Waals surface area contributed by atoms with Crippen LogP contribution >= 0.6 is 0 Å². The van der Waals surface area contributed by atoms with Gasteiger partial charge in [-0.1, -0.05) is 55.8 Å². The number of benzene rings is 2. The van der Waals surface area contributed by atoms with Crippen molar-refractivity contribution in [2.75, 3.05) is 0 Å². The van der Waals surface area contributed by atoms with E-state index in [2.05, 4.69) is 68.2 Å². The lowest BCUT2D eigenvalue weighted by molar-refractivity contribution is 0.666. The molecule has 94 valence electrons. The van der Waals surface area contributed by atoms with Crippen LogP contribution in [0.25, 0.3) is 22.2 Å². The van der Waals surface area contributed by atoms with Crippen molar-refractivity contribution in [1.82, 2.24) is 4.98 Å². The maximum absolute atomic E-state index is 3.61. The van der Waals surface area contributed by atoms with Gasteiger partial charge in [0.15, 0.2) is 0 Å². The number of H-pyrrole nitrogens is 1. The van der Waals surface area contributed by atoms with Gasteiger partial charge in [0.25, 0.3) is 0 Å². The van der Waals surface area contributed by atoms with Gasteiger partial charge in [-0.2, -0.15) is 0 Å². The Hall–Kier alpha value is -2.02. The molecule has 0 saturated carbocycles. The minimum Gasteiger partial charge on any atom is -0.354 e. The zero-order valence-corrected chi connectivity index (χ0v) is 11.5. The second-order valence-electron chi connectivity index (χ2n) is 6.09. The van der Waals surface area contributed by atoms with Crippen LogP contribution in [0.15, 0.2) is 42.5 Å². The van der Waals surface area contributed by atoms with Crippen LogP contribution in [0, 0.1) is 6.92 Å². The standard InChI is InChI=1S/C18H17N/c1-11-8-9-12-14(10-11)18(2,3)16-13-6-4-5-7-15(13)19-17(12)16/h4-10,19H,1-3H3. The summed E-state index contributed by atoms with van der Waals surface area (Å²) in [5.41, 5.74) is 8.22. The van der Waals surface area contributed by atoms with Crippen LogP contribution in [0.4, 0.5) is 0 Å². The Labute approximate surface area is 113 Å². The van der Waals surface area contributed by atoms with Crippen LogP contribution in [0.3, 0.4) is 0 Å². The Kier molecular flexibility index (Phi) is 1.88. The fraction of sp³-hybridized carbons (Fsp3) is 0.222. The van der Waals surface area contributed by atoms with Gasteiger partial charge in [0.2, 0.25) is 0 Å². The molecule has 4 rings (SSSR count). The summed E-state index contributed by atoms with van der Waals surface area (Å²) in [4.78, 5) is 3.61. The van der Waals surface area contributed by atoms with Crippen molar-refractivity contribution < 1.29 is 0 Å². The van der Waals surface area contributed by atoms with E-state index in [-0.39, 0.29) is 5.41 Å². The number of nitrogens with one attached hydrogen (secondary N) is 1. The van der Waals surface area contributed by atoms with Crippen LogP contribution in [0.2, 0.25) is 0 Å². The van der Waals surface area contributed by atoms with Gasteiger partial charge in [0.1, 0.15) is 0 Å².